The largest absolute Gasteiger partial charge is 0.493 e. The summed E-state index contributed by atoms with van der Waals surface area (Å²) < 4.78 is 36.3. The summed E-state index contributed by atoms with van der Waals surface area (Å²) in [6.07, 6.45) is 1.82. The summed E-state index contributed by atoms with van der Waals surface area (Å²) in [5.41, 5.74) is 3.62. The molecule has 2 aromatic carbocycles. The predicted molar refractivity (Wildman–Crippen MR) is 119 cm³/mol. The Kier molecular flexibility index (Phi) is 8.11. The average molecular weight is 435 g/mol. The summed E-state index contributed by atoms with van der Waals surface area (Å²) >= 11 is 0. The maximum absolute atomic E-state index is 12.2. The first-order valence-corrected chi connectivity index (χ1v) is 11.5. The molecular weight excluding hydrogens is 404 g/mol. The van der Waals surface area contributed by atoms with E-state index in [1.807, 2.05) is 38.1 Å². The van der Waals surface area contributed by atoms with Crippen molar-refractivity contribution in [3.05, 3.63) is 53.1 Å². The average Bonchev–Trinajstić information content (AvgIpc) is 2.70. The fourth-order valence-corrected chi connectivity index (χ4v) is 3.99. The molecule has 2 rings (SSSR count). The minimum atomic E-state index is -3.44. The number of amides is 1. The van der Waals surface area contributed by atoms with Gasteiger partial charge in [0, 0.05) is 19.5 Å². The number of nitrogens with zero attached hydrogens (tertiary/aromatic N) is 1. The smallest absolute Gasteiger partial charge is 0.232 e. The number of carbonyl (C=O) groups is 1. The first-order chi connectivity index (χ1) is 14.2. The molecule has 0 atom stereocenters. The molecule has 0 aliphatic carbocycles. The number of benzene rings is 2. The zero-order valence-corrected chi connectivity index (χ0v) is 19.0. The van der Waals surface area contributed by atoms with E-state index in [9.17, 15) is 13.2 Å². The summed E-state index contributed by atoms with van der Waals surface area (Å²) in [6, 6.07) is 11.0. The topological polar surface area (TPSA) is 84.9 Å². The van der Waals surface area contributed by atoms with E-state index in [1.165, 1.54) is 10.6 Å². The van der Waals surface area contributed by atoms with Crippen molar-refractivity contribution in [1.29, 1.82) is 0 Å². The summed E-state index contributed by atoms with van der Waals surface area (Å²) in [7, 11) is -0.314. The molecule has 0 radical (unpaired) electrons. The van der Waals surface area contributed by atoms with Crippen molar-refractivity contribution in [3.8, 4) is 11.5 Å². The Bertz CT molecular complexity index is 989. The lowest BCUT2D eigenvalue weighted by molar-refractivity contribution is -0.121. The van der Waals surface area contributed by atoms with Gasteiger partial charge in [-0.3, -0.25) is 9.10 Å². The van der Waals surface area contributed by atoms with Crippen LogP contribution >= 0.6 is 0 Å². The third kappa shape index (κ3) is 6.38. The van der Waals surface area contributed by atoms with Crippen molar-refractivity contribution in [3.63, 3.8) is 0 Å². The molecule has 8 heteroatoms. The van der Waals surface area contributed by atoms with Crippen LogP contribution in [0.3, 0.4) is 0 Å². The number of sulfonamides is 1. The molecule has 0 heterocycles. The molecule has 1 N–H and O–H groups in total. The molecular formula is C22H30N2O5S. The zero-order valence-electron chi connectivity index (χ0n) is 18.2. The van der Waals surface area contributed by atoms with Gasteiger partial charge in [0.15, 0.2) is 11.5 Å². The highest BCUT2D eigenvalue weighted by Crippen LogP contribution is 2.27. The lowest BCUT2D eigenvalue weighted by Crippen LogP contribution is -2.32. The fourth-order valence-electron chi connectivity index (χ4n) is 3.03. The lowest BCUT2D eigenvalue weighted by atomic mass is 10.1. The second-order valence-corrected chi connectivity index (χ2v) is 9.08. The Hall–Kier alpha value is -2.74. The molecule has 0 saturated heterocycles. The van der Waals surface area contributed by atoms with Gasteiger partial charge in [0.1, 0.15) is 0 Å². The van der Waals surface area contributed by atoms with Gasteiger partial charge in [-0.15, -0.1) is 0 Å². The number of aryl methyl sites for hydroxylation is 2. The van der Waals surface area contributed by atoms with Crippen LogP contribution in [-0.4, -0.2) is 41.3 Å². The predicted octanol–water partition coefficient (Wildman–Crippen LogP) is 3.18. The van der Waals surface area contributed by atoms with Crippen LogP contribution in [-0.2, 0) is 21.4 Å². The highest BCUT2D eigenvalue weighted by molar-refractivity contribution is 7.92. The molecule has 0 aliphatic heterocycles. The Morgan fingerprint density at radius 1 is 1.00 bits per heavy atom. The molecule has 30 heavy (non-hydrogen) atoms. The van der Waals surface area contributed by atoms with Gasteiger partial charge in [0.05, 0.1) is 26.2 Å². The minimum Gasteiger partial charge on any atom is -0.493 e. The molecule has 164 valence electrons. The standard InChI is InChI=1S/C22H30N2O5S/c1-16-8-10-19(13-17(16)2)24(30(5,26)27)12-6-7-22(25)23-15-18-9-11-20(28-3)21(14-18)29-4/h8-11,13-14H,6-7,12,15H2,1-5H3,(H,23,25). The van der Waals surface area contributed by atoms with E-state index in [-0.39, 0.29) is 18.9 Å². The molecule has 0 aliphatic rings. The van der Waals surface area contributed by atoms with Crippen LogP contribution in [0.1, 0.15) is 29.5 Å². The monoisotopic (exact) mass is 434 g/mol. The second kappa shape index (κ2) is 10.3. The number of ether oxygens (including phenoxy) is 2. The van der Waals surface area contributed by atoms with Crippen molar-refractivity contribution in [2.45, 2.75) is 33.2 Å². The molecule has 2 aromatic rings. The summed E-state index contributed by atoms with van der Waals surface area (Å²) in [6.45, 7) is 4.52. The molecule has 0 unspecified atom stereocenters. The lowest BCUT2D eigenvalue weighted by Gasteiger charge is -2.23. The van der Waals surface area contributed by atoms with E-state index in [2.05, 4.69) is 5.32 Å². The quantitative estimate of drug-likeness (QED) is 0.621. The summed E-state index contributed by atoms with van der Waals surface area (Å²) in [4.78, 5) is 12.2. The molecule has 0 aromatic heterocycles. The van der Waals surface area contributed by atoms with Crippen molar-refractivity contribution in [2.75, 3.05) is 31.3 Å². The van der Waals surface area contributed by atoms with Gasteiger partial charge in [-0.1, -0.05) is 12.1 Å². The molecule has 0 saturated carbocycles. The van der Waals surface area contributed by atoms with Crippen LogP contribution in [0.5, 0.6) is 11.5 Å². The minimum absolute atomic E-state index is 0.140. The van der Waals surface area contributed by atoms with Crippen LogP contribution < -0.4 is 19.1 Å². The van der Waals surface area contributed by atoms with Gasteiger partial charge in [-0.2, -0.15) is 0 Å². The Labute approximate surface area is 179 Å². The second-order valence-electron chi connectivity index (χ2n) is 7.17. The maximum atomic E-state index is 12.2. The molecule has 1 amide bonds. The van der Waals surface area contributed by atoms with Crippen molar-refractivity contribution >= 4 is 21.6 Å². The number of hydrogen-bond acceptors (Lipinski definition) is 5. The summed E-state index contributed by atoms with van der Waals surface area (Å²) in [5, 5.41) is 2.85. The molecule has 0 bridgehead atoms. The van der Waals surface area contributed by atoms with Gasteiger partial charge in [0.2, 0.25) is 15.9 Å². The van der Waals surface area contributed by atoms with Crippen LogP contribution in [0.2, 0.25) is 0 Å². The number of hydrogen-bond donors (Lipinski definition) is 1. The highest BCUT2D eigenvalue weighted by atomic mass is 32.2. The van der Waals surface area contributed by atoms with Gasteiger partial charge in [-0.05, 0) is 61.2 Å². The first-order valence-electron chi connectivity index (χ1n) is 9.68. The molecule has 0 fully saturated rings. The van der Waals surface area contributed by atoms with E-state index in [4.69, 9.17) is 9.47 Å². The van der Waals surface area contributed by atoms with Gasteiger partial charge in [-0.25, -0.2) is 8.42 Å². The molecule has 7 nitrogen and oxygen atoms in total. The number of rotatable bonds is 10. The van der Waals surface area contributed by atoms with Crippen LogP contribution in [0.15, 0.2) is 36.4 Å². The Morgan fingerprint density at radius 3 is 2.30 bits per heavy atom. The van der Waals surface area contributed by atoms with E-state index in [0.29, 0.717) is 30.2 Å². The fraction of sp³-hybridized carbons (Fsp3) is 0.409. The third-order valence-corrected chi connectivity index (χ3v) is 6.08. The third-order valence-electron chi connectivity index (χ3n) is 4.88. The number of anilines is 1. The number of nitrogens with one attached hydrogen (secondary N) is 1. The Balaban J connectivity index is 1.92. The van der Waals surface area contributed by atoms with Gasteiger partial charge >= 0.3 is 0 Å². The van der Waals surface area contributed by atoms with E-state index in [0.717, 1.165) is 16.7 Å². The normalized spacial score (nSPS) is 11.1. The van der Waals surface area contributed by atoms with Crippen LogP contribution in [0, 0.1) is 13.8 Å². The first kappa shape index (κ1) is 23.5. The van der Waals surface area contributed by atoms with Crippen molar-refractivity contribution < 1.29 is 22.7 Å². The van der Waals surface area contributed by atoms with Gasteiger partial charge in [0.25, 0.3) is 0 Å². The van der Waals surface area contributed by atoms with Crippen LogP contribution in [0.25, 0.3) is 0 Å². The Morgan fingerprint density at radius 2 is 1.70 bits per heavy atom. The van der Waals surface area contributed by atoms with Gasteiger partial charge < -0.3 is 14.8 Å². The summed E-state index contributed by atoms with van der Waals surface area (Å²) in [5.74, 6) is 1.08. The SMILES string of the molecule is COc1ccc(CNC(=O)CCCN(c2ccc(C)c(C)c2)S(C)(=O)=O)cc1OC. The van der Waals surface area contributed by atoms with Crippen LogP contribution in [0.4, 0.5) is 5.69 Å². The molecule has 0 spiro atoms. The number of methoxy groups -OCH3 is 2. The maximum Gasteiger partial charge on any atom is 0.232 e. The highest BCUT2D eigenvalue weighted by Gasteiger charge is 2.18. The van der Waals surface area contributed by atoms with E-state index in [1.54, 1.807) is 26.4 Å². The van der Waals surface area contributed by atoms with Crippen molar-refractivity contribution in [1.82, 2.24) is 5.32 Å². The van der Waals surface area contributed by atoms with E-state index < -0.39 is 10.0 Å². The number of carbonyl (C=O) groups excluding carboxylic acids is 1. The van der Waals surface area contributed by atoms with E-state index >= 15 is 0 Å². The zero-order chi connectivity index (χ0) is 22.3. The van der Waals surface area contributed by atoms with Crippen molar-refractivity contribution in [2.24, 2.45) is 0 Å².